The van der Waals surface area contributed by atoms with Crippen LogP contribution in [0.3, 0.4) is 0 Å². The van der Waals surface area contributed by atoms with Crippen molar-refractivity contribution in [2.45, 2.75) is 0 Å². The maximum atomic E-state index is 5.76. The van der Waals surface area contributed by atoms with Crippen molar-refractivity contribution in [1.82, 2.24) is 0 Å². The van der Waals surface area contributed by atoms with Crippen molar-refractivity contribution in [2.24, 2.45) is 0 Å². The quantitative estimate of drug-likeness (QED) is 0.0634. The number of methoxy groups -OCH3 is 4. The zero-order chi connectivity index (χ0) is 44.4. The standard InChI is InChI=1S/2C28H28O2P2.Rh/c2*1-29-25-17-9-11-19-27(25)31(23-13-5-3-6-14-23)21-22-32(24-15-7-4-8-16-24)28-20-12-10-18-26(28)30-2;/h2*3-20H,21-22H2,1-2H3;/t2*31-,32-;/m11./s1. The van der Waals surface area contributed by atoms with E-state index in [1.165, 1.54) is 42.4 Å². The van der Waals surface area contributed by atoms with E-state index in [2.05, 4.69) is 194 Å². The van der Waals surface area contributed by atoms with Crippen LogP contribution >= 0.6 is 31.7 Å². The molecule has 9 heteroatoms. The molecule has 0 fully saturated rings. The van der Waals surface area contributed by atoms with Crippen LogP contribution in [0.1, 0.15) is 0 Å². The Morgan fingerprint density at radius 2 is 0.415 bits per heavy atom. The van der Waals surface area contributed by atoms with E-state index >= 15 is 0 Å². The summed E-state index contributed by atoms with van der Waals surface area (Å²) < 4.78 is 23.0. The van der Waals surface area contributed by atoms with Gasteiger partial charge in [0.2, 0.25) is 0 Å². The van der Waals surface area contributed by atoms with Crippen molar-refractivity contribution in [3.8, 4) is 23.0 Å². The first kappa shape index (κ1) is 49.7. The topological polar surface area (TPSA) is 36.9 Å². The molecule has 0 spiro atoms. The second-order valence-corrected chi connectivity index (χ2v) is 23.8. The Labute approximate surface area is 404 Å². The van der Waals surface area contributed by atoms with Crippen LogP contribution in [0, 0.1) is 0 Å². The number of rotatable bonds is 18. The van der Waals surface area contributed by atoms with Gasteiger partial charge in [0.1, 0.15) is 23.0 Å². The summed E-state index contributed by atoms with van der Waals surface area (Å²) in [4.78, 5) is 0. The van der Waals surface area contributed by atoms with E-state index in [0.29, 0.717) is 0 Å². The molecule has 0 unspecified atom stereocenters. The zero-order valence-electron chi connectivity index (χ0n) is 37.4. The molecule has 0 aliphatic carbocycles. The van der Waals surface area contributed by atoms with Crippen LogP contribution in [0.4, 0.5) is 0 Å². The van der Waals surface area contributed by atoms with E-state index in [-0.39, 0.29) is 19.5 Å². The van der Waals surface area contributed by atoms with E-state index < -0.39 is 31.7 Å². The first-order chi connectivity index (χ1) is 31.6. The molecule has 0 aliphatic rings. The predicted molar refractivity (Wildman–Crippen MR) is 282 cm³/mol. The Morgan fingerprint density at radius 3 is 0.600 bits per heavy atom. The third-order valence-electron chi connectivity index (χ3n) is 10.9. The molecule has 333 valence electrons. The first-order valence-corrected chi connectivity index (χ1v) is 27.6. The van der Waals surface area contributed by atoms with E-state index in [9.17, 15) is 0 Å². The Morgan fingerprint density at radius 1 is 0.246 bits per heavy atom. The maximum Gasteiger partial charge on any atom is 0.126 e. The molecule has 0 N–H and O–H groups in total. The molecule has 0 saturated heterocycles. The van der Waals surface area contributed by atoms with Gasteiger partial charge in [-0.25, -0.2) is 0 Å². The number of hydrogen-bond acceptors (Lipinski definition) is 4. The Balaban J connectivity index is 0.000000212. The summed E-state index contributed by atoms with van der Waals surface area (Å²) in [6.07, 6.45) is 4.33. The molecule has 0 heterocycles. The van der Waals surface area contributed by atoms with Crippen molar-refractivity contribution in [3.63, 3.8) is 0 Å². The Bertz CT molecular complexity index is 2240. The van der Waals surface area contributed by atoms with Crippen LogP contribution in [-0.2, 0) is 19.5 Å². The summed E-state index contributed by atoms with van der Waals surface area (Å²) in [5.41, 5.74) is 0. The third kappa shape index (κ3) is 13.2. The van der Waals surface area contributed by atoms with E-state index in [1.54, 1.807) is 28.4 Å². The minimum Gasteiger partial charge on any atom is -0.496 e. The van der Waals surface area contributed by atoms with Crippen LogP contribution < -0.4 is 61.4 Å². The van der Waals surface area contributed by atoms with Gasteiger partial charge < -0.3 is 18.9 Å². The zero-order valence-corrected chi connectivity index (χ0v) is 42.6. The second kappa shape index (κ2) is 26.4. The largest absolute Gasteiger partial charge is 0.496 e. The van der Waals surface area contributed by atoms with Gasteiger partial charge in [-0.05, 0) is 102 Å². The van der Waals surface area contributed by atoms with Crippen LogP contribution in [0.15, 0.2) is 218 Å². The molecule has 0 aliphatic heterocycles. The Kier molecular flexibility index (Phi) is 20.2. The number of hydrogen-bond donors (Lipinski definition) is 0. The average molecular weight is 1020 g/mol. The molecular formula is C56H56O4P4Rh. The van der Waals surface area contributed by atoms with E-state index in [4.69, 9.17) is 18.9 Å². The molecule has 4 nitrogen and oxygen atoms in total. The van der Waals surface area contributed by atoms with Gasteiger partial charge in [0, 0.05) is 40.7 Å². The summed E-state index contributed by atoms with van der Waals surface area (Å²) in [7, 11) is 4.85. The molecule has 0 amide bonds. The van der Waals surface area contributed by atoms with Gasteiger partial charge in [-0.2, -0.15) is 0 Å². The van der Waals surface area contributed by atoms with Crippen molar-refractivity contribution < 1.29 is 38.4 Å². The summed E-state index contributed by atoms with van der Waals surface area (Å²) in [5.74, 6) is 3.90. The number of benzene rings is 8. The van der Waals surface area contributed by atoms with E-state index in [0.717, 1.165) is 47.6 Å². The van der Waals surface area contributed by atoms with Crippen LogP contribution in [0.5, 0.6) is 23.0 Å². The molecule has 65 heavy (non-hydrogen) atoms. The summed E-state index contributed by atoms with van der Waals surface area (Å²) in [5, 5.41) is 10.8. The van der Waals surface area contributed by atoms with Crippen molar-refractivity contribution in [3.05, 3.63) is 218 Å². The molecule has 0 saturated carbocycles. The minimum atomic E-state index is -0.554. The van der Waals surface area contributed by atoms with Gasteiger partial charge in [-0.3, -0.25) is 0 Å². The van der Waals surface area contributed by atoms with Gasteiger partial charge in [0.05, 0.1) is 28.4 Å². The van der Waals surface area contributed by atoms with Gasteiger partial charge in [-0.15, -0.1) is 0 Å². The molecule has 0 bridgehead atoms. The second-order valence-electron chi connectivity index (χ2n) is 14.6. The normalized spacial score (nSPS) is 12.5. The van der Waals surface area contributed by atoms with Crippen molar-refractivity contribution >= 4 is 74.1 Å². The molecular weight excluding hydrogens is 963 g/mol. The van der Waals surface area contributed by atoms with Crippen LogP contribution in [-0.4, -0.2) is 53.1 Å². The first-order valence-electron chi connectivity index (χ1n) is 21.5. The summed E-state index contributed by atoms with van der Waals surface area (Å²) in [6, 6.07) is 77.4. The van der Waals surface area contributed by atoms with Gasteiger partial charge in [0.25, 0.3) is 0 Å². The molecule has 8 aromatic carbocycles. The van der Waals surface area contributed by atoms with Crippen LogP contribution in [0.25, 0.3) is 0 Å². The smallest absolute Gasteiger partial charge is 0.126 e. The van der Waals surface area contributed by atoms with Crippen molar-refractivity contribution in [1.29, 1.82) is 0 Å². The molecule has 4 atom stereocenters. The molecule has 0 aromatic heterocycles. The molecule has 8 rings (SSSR count). The summed E-state index contributed by atoms with van der Waals surface area (Å²) in [6.45, 7) is 0. The SMILES string of the molecule is COc1ccccc1[P@](CC[P@](c1ccccc1)c1ccccc1OC)c1ccccc1.COc1ccccc1[P@](CC[P@](c1ccccc1)c1ccccc1OC)c1ccccc1.[Rh]. The molecule has 1 radical (unpaired) electrons. The number of para-hydroxylation sites is 4. The van der Waals surface area contributed by atoms with Crippen LogP contribution in [0.2, 0.25) is 0 Å². The Hall–Kier alpha value is -4.70. The fourth-order valence-corrected chi connectivity index (χ4v) is 19.0. The fraction of sp³-hybridized carbons (Fsp3) is 0.143. The monoisotopic (exact) mass is 1020 g/mol. The van der Waals surface area contributed by atoms with Gasteiger partial charge in [-0.1, -0.05) is 194 Å². The van der Waals surface area contributed by atoms with E-state index in [1.807, 2.05) is 24.3 Å². The van der Waals surface area contributed by atoms with Gasteiger partial charge >= 0.3 is 0 Å². The summed E-state index contributed by atoms with van der Waals surface area (Å²) >= 11 is 0. The third-order valence-corrected chi connectivity index (χ3v) is 21.7. The fourth-order valence-electron chi connectivity index (χ4n) is 7.80. The van der Waals surface area contributed by atoms with Crippen molar-refractivity contribution in [2.75, 3.05) is 53.1 Å². The average Bonchev–Trinajstić information content (AvgIpc) is 3.38. The minimum absolute atomic E-state index is 0. The molecule has 8 aromatic rings. The maximum absolute atomic E-state index is 5.76. The van der Waals surface area contributed by atoms with Gasteiger partial charge in [0.15, 0.2) is 0 Å². The predicted octanol–water partition coefficient (Wildman–Crippen LogP) is 10.5. The number of ether oxygens (including phenoxy) is 4.